The van der Waals surface area contributed by atoms with Crippen molar-refractivity contribution in [1.29, 1.82) is 0 Å². The van der Waals surface area contributed by atoms with Gasteiger partial charge in [0.2, 0.25) is 0 Å². The molecular weight excluding hydrogens is 343 g/mol. The average molecular weight is 362 g/mol. The first-order chi connectivity index (χ1) is 11.0. The van der Waals surface area contributed by atoms with Crippen molar-refractivity contribution < 1.29 is 46.1 Å². The first kappa shape index (κ1) is 20.6. The minimum Gasteiger partial charge on any atom is -0.465 e. The number of halogens is 5. The zero-order chi connectivity index (χ0) is 18.4. The number of ether oxygens (including phenoxy) is 2. The number of rotatable bonds is 7. The highest BCUT2D eigenvalue weighted by molar-refractivity contribution is 5.81. The summed E-state index contributed by atoms with van der Waals surface area (Å²) < 4.78 is 70.1. The maximum absolute atomic E-state index is 12.6. The zero-order valence-electron chi connectivity index (χ0n) is 12.8. The minimum absolute atomic E-state index is 0.345. The maximum atomic E-state index is 12.6. The van der Waals surface area contributed by atoms with Crippen molar-refractivity contribution in [3.8, 4) is 0 Å². The summed E-state index contributed by atoms with van der Waals surface area (Å²) in [5.41, 5.74) is 0. The molecule has 0 aromatic rings. The maximum Gasteiger partial charge on any atom is 0.453 e. The largest absolute Gasteiger partial charge is 0.465 e. The van der Waals surface area contributed by atoms with Gasteiger partial charge < -0.3 is 14.6 Å². The summed E-state index contributed by atoms with van der Waals surface area (Å²) in [6, 6.07) is 0. The summed E-state index contributed by atoms with van der Waals surface area (Å²) in [7, 11) is 0. The SMILES string of the molecule is O=C(CC(O)C(=O)OC1CCCCC1)OCCC(F)(F)C(F)(F)F. The van der Waals surface area contributed by atoms with E-state index >= 15 is 0 Å². The van der Waals surface area contributed by atoms with Crippen LogP contribution in [-0.2, 0) is 19.1 Å². The molecule has 10 heteroatoms. The molecule has 0 bridgehead atoms. The Balaban J connectivity index is 2.29. The highest BCUT2D eigenvalue weighted by atomic mass is 19.4. The molecule has 1 atom stereocenters. The lowest BCUT2D eigenvalue weighted by Crippen LogP contribution is -2.37. The fourth-order valence-electron chi connectivity index (χ4n) is 2.16. The van der Waals surface area contributed by atoms with Crippen LogP contribution < -0.4 is 0 Å². The van der Waals surface area contributed by atoms with E-state index in [4.69, 9.17) is 4.74 Å². The Bertz CT molecular complexity index is 432. The average Bonchev–Trinajstić information content (AvgIpc) is 2.46. The van der Waals surface area contributed by atoms with E-state index in [-0.39, 0.29) is 6.10 Å². The highest BCUT2D eigenvalue weighted by Gasteiger charge is 2.56. The molecule has 1 aliphatic rings. The first-order valence-electron chi connectivity index (χ1n) is 7.51. The normalized spacial score (nSPS) is 18.1. The van der Waals surface area contributed by atoms with Gasteiger partial charge in [0.05, 0.1) is 19.4 Å². The van der Waals surface area contributed by atoms with Crippen molar-refractivity contribution in [1.82, 2.24) is 0 Å². The second-order valence-electron chi connectivity index (χ2n) is 5.59. The fraction of sp³-hybridized carbons (Fsp3) is 0.857. The predicted octanol–water partition coefficient (Wildman–Crippen LogP) is 2.74. The van der Waals surface area contributed by atoms with Gasteiger partial charge in [-0.25, -0.2) is 4.79 Å². The molecule has 1 unspecified atom stereocenters. The van der Waals surface area contributed by atoms with Crippen LogP contribution in [0.5, 0.6) is 0 Å². The van der Waals surface area contributed by atoms with Crippen LogP contribution in [0, 0.1) is 0 Å². The van der Waals surface area contributed by atoms with Gasteiger partial charge in [-0.3, -0.25) is 4.79 Å². The summed E-state index contributed by atoms with van der Waals surface area (Å²) in [5.74, 6) is -7.29. The van der Waals surface area contributed by atoms with E-state index in [0.717, 1.165) is 19.3 Å². The summed E-state index contributed by atoms with van der Waals surface area (Å²) in [4.78, 5) is 22.8. The molecule has 0 amide bonds. The molecule has 1 aliphatic carbocycles. The van der Waals surface area contributed by atoms with E-state index in [1.54, 1.807) is 0 Å². The van der Waals surface area contributed by atoms with Gasteiger partial charge in [0.25, 0.3) is 0 Å². The lowest BCUT2D eigenvalue weighted by Gasteiger charge is -2.23. The van der Waals surface area contributed by atoms with Crippen molar-refractivity contribution >= 4 is 11.9 Å². The van der Waals surface area contributed by atoms with Gasteiger partial charge >= 0.3 is 24.0 Å². The van der Waals surface area contributed by atoms with Crippen LogP contribution in [0.15, 0.2) is 0 Å². The van der Waals surface area contributed by atoms with Crippen LogP contribution in [0.1, 0.15) is 44.9 Å². The summed E-state index contributed by atoms with van der Waals surface area (Å²) in [6.07, 6.45) is -6.45. The number of alkyl halides is 5. The standard InChI is InChI=1S/C14H19F5O5/c15-13(16,14(17,18)19)6-7-23-11(21)8-10(20)12(22)24-9-4-2-1-3-5-9/h9-10,20H,1-8H2. The number of esters is 2. The second kappa shape index (κ2) is 8.59. The zero-order valence-corrected chi connectivity index (χ0v) is 12.8. The molecule has 24 heavy (non-hydrogen) atoms. The number of aliphatic hydroxyl groups is 1. The van der Waals surface area contributed by atoms with E-state index in [9.17, 15) is 36.6 Å². The monoisotopic (exact) mass is 362 g/mol. The number of carbonyl (C=O) groups is 2. The summed E-state index contributed by atoms with van der Waals surface area (Å²) in [5, 5.41) is 9.50. The highest BCUT2D eigenvalue weighted by Crippen LogP contribution is 2.37. The fourth-order valence-corrected chi connectivity index (χ4v) is 2.16. The Labute approximate surface area is 135 Å². The van der Waals surface area contributed by atoms with Crippen molar-refractivity contribution in [3.63, 3.8) is 0 Å². The molecule has 0 aromatic carbocycles. The van der Waals surface area contributed by atoms with E-state index in [2.05, 4.69) is 4.74 Å². The smallest absolute Gasteiger partial charge is 0.453 e. The minimum atomic E-state index is -5.73. The predicted molar refractivity (Wildman–Crippen MR) is 70.2 cm³/mol. The Morgan fingerprint density at radius 1 is 1.08 bits per heavy atom. The van der Waals surface area contributed by atoms with Crippen LogP contribution >= 0.6 is 0 Å². The summed E-state index contributed by atoms with van der Waals surface area (Å²) in [6.45, 7) is -1.18. The molecular formula is C14H19F5O5. The lowest BCUT2D eigenvalue weighted by molar-refractivity contribution is -0.286. The third-order valence-corrected chi connectivity index (χ3v) is 3.56. The number of carbonyl (C=O) groups excluding carboxylic acids is 2. The molecule has 0 spiro atoms. The van der Waals surface area contributed by atoms with Crippen molar-refractivity contribution in [3.05, 3.63) is 0 Å². The van der Waals surface area contributed by atoms with E-state index in [1.165, 1.54) is 0 Å². The Kier molecular flexibility index (Phi) is 7.37. The van der Waals surface area contributed by atoms with Gasteiger partial charge in [-0.2, -0.15) is 22.0 Å². The van der Waals surface area contributed by atoms with Gasteiger partial charge in [-0.15, -0.1) is 0 Å². The molecule has 1 N–H and O–H groups in total. The third-order valence-electron chi connectivity index (χ3n) is 3.56. The van der Waals surface area contributed by atoms with Gasteiger partial charge in [-0.1, -0.05) is 6.42 Å². The first-order valence-corrected chi connectivity index (χ1v) is 7.51. The molecule has 1 fully saturated rings. The van der Waals surface area contributed by atoms with Crippen LogP contribution in [0.4, 0.5) is 22.0 Å². The van der Waals surface area contributed by atoms with Crippen LogP contribution in [0.2, 0.25) is 0 Å². The molecule has 5 nitrogen and oxygen atoms in total. The van der Waals surface area contributed by atoms with Crippen molar-refractivity contribution in [2.45, 2.75) is 69.3 Å². The van der Waals surface area contributed by atoms with E-state index < -0.39 is 49.6 Å². The van der Waals surface area contributed by atoms with Gasteiger partial charge in [0.15, 0.2) is 6.10 Å². The molecule has 0 aliphatic heterocycles. The van der Waals surface area contributed by atoms with E-state index in [1.807, 2.05) is 0 Å². The van der Waals surface area contributed by atoms with Gasteiger partial charge in [-0.05, 0) is 25.7 Å². The molecule has 0 radical (unpaired) electrons. The Hall–Kier alpha value is -1.45. The molecule has 140 valence electrons. The number of aliphatic hydroxyl groups excluding tert-OH is 1. The second-order valence-corrected chi connectivity index (χ2v) is 5.59. The number of hydrogen-bond donors (Lipinski definition) is 1. The Morgan fingerprint density at radius 3 is 2.21 bits per heavy atom. The van der Waals surface area contributed by atoms with Crippen LogP contribution in [0.25, 0.3) is 0 Å². The lowest BCUT2D eigenvalue weighted by atomic mass is 9.98. The van der Waals surface area contributed by atoms with Crippen LogP contribution in [-0.4, -0.2) is 48.0 Å². The number of hydrogen-bond acceptors (Lipinski definition) is 5. The third kappa shape index (κ3) is 6.58. The van der Waals surface area contributed by atoms with Crippen molar-refractivity contribution in [2.24, 2.45) is 0 Å². The molecule has 0 aromatic heterocycles. The van der Waals surface area contributed by atoms with Gasteiger partial charge in [0, 0.05) is 0 Å². The topological polar surface area (TPSA) is 72.8 Å². The van der Waals surface area contributed by atoms with Gasteiger partial charge in [0.1, 0.15) is 6.10 Å². The van der Waals surface area contributed by atoms with Crippen molar-refractivity contribution in [2.75, 3.05) is 6.61 Å². The summed E-state index contributed by atoms with van der Waals surface area (Å²) >= 11 is 0. The Morgan fingerprint density at radius 2 is 1.67 bits per heavy atom. The molecule has 0 heterocycles. The molecule has 1 rings (SSSR count). The quantitative estimate of drug-likeness (QED) is 0.557. The van der Waals surface area contributed by atoms with E-state index in [0.29, 0.717) is 12.8 Å². The molecule has 1 saturated carbocycles. The van der Waals surface area contributed by atoms with Crippen LogP contribution in [0.3, 0.4) is 0 Å². The molecule has 0 saturated heterocycles.